The summed E-state index contributed by atoms with van der Waals surface area (Å²) in [7, 11) is -3.96. The molecule has 0 spiro atoms. The molecule has 72 valence electrons. The third kappa shape index (κ3) is 2.77. The van der Waals surface area contributed by atoms with Crippen LogP contribution in [0.25, 0.3) is 0 Å². The predicted molar refractivity (Wildman–Crippen MR) is 46.8 cm³/mol. The second-order valence-corrected chi connectivity index (χ2v) is 5.66. The fourth-order valence-electron chi connectivity index (χ4n) is 0.662. The van der Waals surface area contributed by atoms with Crippen LogP contribution in [0.4, 0.5) is 0 Å². The molecule has 1 aromatic rings. The molecule has 0 unspecified atom stereocenters. The minimum Gasteiger partial charge on any atom is -0.219 e. The molecule has 0 fully saturated rings. The Hall–Kier alpha value is -0.913. The van der Waals surface area contributed by atoms with Crippen LogP contribution < -0.4 is 18.9 Å². The first kappa shape index (κ1) is 14.1. The fraction of sp³-hybridized carbons (Fsp3) is 0.333. The van der Waals surface area contributed by atoms with Crippen molar-refractivity contribution in [1.29, 1.82) is 10.5 Å². The monoisotopic (exact) mass is 235 g/mol. The summed E-state index contributed by atoms with van der Waals surface area (Å²) in [5.41, 5.74) is 0. The van der Waals surface area contributed by atoms with Gasteiger partial charge in [-0.15, -0.1) is 10.2 Å². The van der Waals surface area contributed by atoms with E-state index in [-0.39, 0.29) is 23.2 Å². The van der Waals surface area contributed by atoms with E-state index in [1.54, 1.807) is 6.92 Å². The third-order valence-electron chi connectivity index (χ3n) is 1.30. The SMILES string of the molecule is Cc1nnc(S(=O)(=O)C(C#N)C#N)s1.[Li+]. The first-order chi connectivity index (χ1) is 6.52. The van der Waals surface area contributed by atoms with Crippen molar-refractivity contribution < 1.29 is 27.3 Å². The van der Waals surface area contributed by atoms with Crippen LogP contribution in [0, 0.1) is 29.6 Å². The third-order valence-corrected chi connectivity index (χ3v) is 4.28. The standard InChI is InChI=1S/C6H4N4O2S2.Li/c1-4-9-10-6(13-4)14(11,12)5(2-7)3-8;/h5H,1H3;/q;+1. The van der Waals surface area contributed by atoms with Crippen molar-refractivity contribution in [3.8, 4) is 12.1 Å². The molecule has 9 heteroatoms. The number of aryl methyl sites for hydroxylation is 1. The van der Waals surface area contributed by atoms with Crippen LogP contribution in [0.5, 0.6) is 0 Å². The van der Waals surface area contributed by atoms with Crippen molar-refractivity contribution in [2.45, 2.75) is 16.5 Å². The summed E-state index contributed by atoms with van der Waals surface area (Å²) in [4.78, 5) is 0. The zero-order valence-corrected chi connectivity index (χ0v) is 9.63. The van der Waals surface area contributed by atoms with E-state index < -0.39 is 15.1 Å². The van der Waals surface area contributed by atoms with Gasteiger partial charge in [-0.1, -0.05) is 11.3 Å². The minimum atomic E-state index is -3.96. The van der Waals surface area contributed by atoms with Crippen molar-refractivity contribution in [3.05, 3.63) is 5.01 Å². The smallest absolute Gasteiger partial charge is 0.219 e. The van der Waals surface area contributed by atoms with Gasteiger partial charge in [0.05, 0.1) is 12.1 Å². The predicted octanol–water partition coefficient (Wildman–Crippen LogP) is -2.96. The Morgan fingerprint density at radius 3 is 2.20 bits per heavy atom. The molecule has 0 aliphatic rings. The first-order valence-corrected chi connectivity index (χ1v) is 5.72. The molecular weight excluding hydrogens is 231 g/mol. The summed E-state index contributed by atoms with van der Waals surface area (Å²) in [5, 5.41) is 22.5. The fourth-order valence-corrected chi connectivity index (χ4v) is 2.83. The molecule has 0 radical (unpaired) electrons. The second kappa shape index (κ2) is 5.25. The molecule has 6 nitrogen and oxygen atoms in total. The Labute approximate surface area is 103 Å². The van der Waals surface area contributed by atoms with Gasteiger partial charge in [-0.2, -0.15) is 10.5 Å². The van der Waals surface area contributed by atoms with Crippen molar-refractivity contribution in [2.75, 3.05) is 0 Å². The van der Waals surface area contributed by atoms with Gasteiger partial charge in [0, 0.05) is 0 Å². The van der Waals surface area contributed by atoms with E-state index in [1.165, 1.54) is 12.1 Å². The van der Waals surface area contributed by atoms with Crippen molar-refractivity contribution >= 4 is 21.2 Å². The number of nitrogens with zero attached hydrogens (tertiary/aromatic N) is 4. The molecule has 0 aliphatic carbocycles. The summed E-state index contributed by atoms with van der Waals surface area (Å²) in [6.07, 6.45) is 0. The number of nitriles is 2. The molecule has 0 amide bonds. The van der Waals surface area contributed by atoms with Gasteiger partial charge < -0.3 is 0 Å². The molecule has 15 heavy (non-hydrogen) atoms. The van der Waals surface area contributed by atoms with Crippen LogP contribution in [-0.4, -0.2) is 23.9 Å². The summed E-state index contributed by atoms with van der Waals surface area (Å²) < 4.78 is 22.7. The number of hydrogen-bond acceptors (Lipinski definition) is 7. The largest absolute Gasteiger partial charge is 1.00 e. The number of aromatic nitrogens is 2. The average Bonchev–Trinajstić information content (AvgIpc) is 2.54. The molecule has 0 aromatic carbocycles. The Morgan fingerprint density at radius 1 is 1.33 bits per heavy atom. The van der Waals surface area contributed by atoms with Gasteiger partial charge in [0.2, 0.25) is 19.4 Å². The summed E-state index contributed by atoms with van der Waals surface area (Å²) in [5.74, 6) is 0. The van der Waals surface area contributed by atoms with E-state index in [1.807, 2.05) is 0 Å². The van der Waals surface area contributed by atoms with Gasteiger partial charge in [-0.05, 0) is 6.92 Å². The molecule has 0 N–H and O–H groups in total. The number of sulfone groups is 1. The van der Waals surface area contributed by atoms with Gasteiger partial charge in [0.15, 0.2) is 0 Å². The van der Waals surface area contributed by atoms with E-state index in [0.717, 1.165) is 11.3 Å². The maximum atomic E-state index is 11.5. The normalized spacial score (nSPS) is 10.1. The molecule has 0 bridgehead atoms. The van der Waals surface area contributed by atoms with Crippen LogP contribution in [0.15, 0.2) is 4.34 Å². The van der Waals surface area contributed by atoms with E-state index >= 15 is 0 Å². The van der Waals surface area contributed by atoms with Crippen LogP contribution >= 0.6 is 11.3 Å². The Bertz CT molecular complexity index is 510. The Morgan fingerprint density at radius 2 is 1.87 bits per heavy atom. The Kier molecular flexibility index (Phi) is 4.93. The maximum absolute atomic E-state index is 11.5. The van der Waals surface area contributed by atoms with Crippen molar-refractivity contribution in [1.82, 2.24) is 10.2 Å². The maximum Gasteiger partial charge on any atom is 1.00 e. The van der Waals surface area contributed by atoms with Crippen LogP contribution in [-0.2, 0) is 9.84 Å². The van der Waals surface area contributed by atoms with E-state index in [2.05, 4.69) is 10.2 Å². The zero-order valence-electron chi connectivity index (χ0n) is 8.00. The zero-order chi connectivity index (χ0) is 10.8. The second-order valence-electron chi connectivity index (χ2n) is 2.27. The molecule has 0 atom stereocenters. The summed E-state index contributed by atoms with van der Waals surface area (Å²) in [6.45, 7) is 1.59. The number of rotatable bonds is 2. The number of hydrogen-bond donors (Lipinski definition) is 0. The first-order valence-electron chi connectivity index (χ1n) is 3.35. The van der Waals surface area contributed by atoms with E-state index in [4.69, 9.17) is 10.5 Å². The van der Waals surface area contributed by atoms with Crippen LogP contribution in [0.2, 0.25) is 0 Å². The van der Waals surface area contributed by atoms with Gasteiger partial charge >= 0.3 is 18.9 Å². The molecule has 1 aromatic heterocycles. The van der Waals surface area contributed by atoms with Gasteiger partial charge in [0.1, 0.15) is 5.01 Å². The summed E-state index contributed by atoms with van der Waals surface area (Å²) in [6, 6.07) is 2.78. The molecule has 1 heterocycles. The van der Waals surface area contributed by atoms with E-state index in [9.17, 15) is 8.42 Å². The average molecular weight is 235 g/mol. The molecule has 1 rings (SSSR count). The van der Waals surface area contributed by atoms with E-state index in [0.29, 0.717) is 5.01 Å². The van der Waals surface area contributed by atoms with Gasteiger partial charge in [0.25, 0.3) is 0 Å². The molecule has 0 saturated heterocycles. The van der Waals surface area contributed by atoms with Crippen molar-refractivity contribution in [3.63, 3.8) is 0 Å². The van der Waals surface area contributed by atoms with Crippen molar-refractivity contribution in [2.24, 2.45) is 0 Å². The van der Waals surface area contributed by atoms with Crippen LogP contribution in [0.1, 0.15) is 5.01 Å². The van der Waals surface area contributed by atoms with Crippen LogP contribution in [0.3, 0.4) is 0 Å². The topological polar surface area (TPSA) is 108 Å². The van der Waals surface area contributed by atoms with Gasteiger partial charge in [-0.3, -0.25) is 0 Å². The summed E-state index contributed by atoms with van der Waals surface area (Å²) >= 11 is 0.841. The quantitative estimate of drug-likeness (QED) is 0.507. The molecule has 0 aliphatic heterocycles. The molecule has 0 saturated carbocycles. The van der Waals surface area contributed by atoms with Gasteiger partial charge in [-0.25, -0.2) is 8.42 Å². The minimum absolute atomic E-state index is 0. The Balaban J connectivity index is 0.00000196. The molecular formula is C6H4LiN4O2S2+.